The molecule has 2 aliphatic heterocycles. The lowest BCUT2D eigenvalue weighted by atomic mass is 9.92. The molecule has 0 aliphatic carbocycles. The molecule has 0 spiro atoms. The van der Waals surface area contributed by atoms with E-state index in [4.69, 9.17) is 9.47 Å². The number of nitriles is 1. The van der Waals surface area contributed by atoms with Gasteiger partial charge >= 0.3 is 5.51 Å². The number of carbonyl (C=O) groups excluding carboxylic acids is 1. The minimum absolute atomic E-state index is 0.0102. The van der Waals surface area contributed by atoms with Crippen LogP contribution in [0.15, 0.2) is 41.3 Å². The molecule has 4 heterocycles. The van der Waals surface area contributed by atoms with Crippen LogP contribution >= 0.6 is 11.8 Å². The summed E-state index contributed by atoms with van der Waals surface area (Å²) < 4.78 is 52.8. The molecular weight excluding hydrogens is 583 g/mol. The SMILES string of the molecule is CNC(=O)c1ccc(NCC#Cc2nn3c(NC4CCN(C5(C#N)COC5)CC4)cccc3c2SC(F)(F)F)c(OC)c1. The molecule has 10 nitrogen and oxygen atoms in total. The number of amides is 1. The van der Waals surface area contributed by atoms with Crippen molar-refractivity contribution in [2.24, 2.45) is 0 Å². The molecule has 3 aromatic rings. The lowest BCUT2D eigenvalue weighted by Crippen LogP contribution is -2.63. The second-order valence-electron chi connectivity index (χ2n) is 10.1. The zero-order valence-corrected chi connectivity index (χ0v) is 24.4. The van der Waals surface area contributed by atoms with Crippen LogP contribution in [0.1, 0.15) is 28.9 Å². The van der Waals surface area contributed by atoms with Gasteiger partial charge in [0.15, 0.2) is 5.54 Å². The van der Waals surface area contributed by atoms with Crippen molar-refractivity contribution in [3.8, 4) is 23.7 Å². The lowest BCUT2D eigenvalue weighted by molar-refractivity contribution is -0.113. The monoisotopic (exact) mass is 613 g/mol. The first-order valence-electron chi connectivity index (χ1n) is 13.6. The highest BCUT2D eigenvalue weighted by Crippen LogP contribution is 2.41. The van der Waals surface area contributed by atoms with E-state index in [2.05, 4.69) is 43.9 Å². The van der Waals surface area contributed by atoms with E-state index < -0.39 is 11.0 Å². The summed E-state index contributed by atoms with van der Waals surface area (Å²) in [4.78, 5) is 14.0. The summed E-state index contributed by atoms with van der Waals surface area (Å²) >= 11 is -0.241. The Kier molecular flexibility index (Phi) is 8.92. The Bertz CT molecular complexity index is 1600. The Morgan fingerprint density at radius 1 is 1.26 bits per heavy atom. The predicted octanol–water partition coefficient (Wildman–Crippen LogP) is 3.95. The molecule has 2 aromatic heterocycles. The highest BCUT2D eigenvalue weighted by Gasteiger charge is 2.45. The van der Waals surface area contributed by atoms with Gasteiger partial charge in [0.25, 0.3) is 5.91 Å². The Labute approximate surface area is 250 Å². The highest BCUT2D eigenvalue weighted by molar-refractivity contribution is 8.00. The van der Waals surface area contributed by atoms with Crippen molar-refractivity contribution in [3.63, 3.8) is 0 Å². The number of halogens is 3. The molecular formula is C29H30F3N7O3S. The van der Waals surface area contributed by atoms with Gasteiger partial charge in [0.2, 0.25) is 0 Å². The van der Waals surface area contributed by atoms with Crippen molar-refractivity contribution in [1.29, 1.82) is 5.26 Å². The number of hydrogen-bond acceptors (Lipinski definition) is 9. The van der Waals surface area contributed by atoms with Crippen molar-refractivity contribution < 1.29 is 27.4 Å². The molecule has 5 rings (SSSR count). The average molecular weight is 614 g/mol. The second kappa shape index (κ2) is 12.6. The topological polar surface area (TPSA) is 116 Å². The van der Waals surface area contributed by atoms with E-state index in [1.165, 1.54) is 18.7 Å². The van der Waals surface area contributed by atoms with Gasteiger partial charge in [-0.05, 0) is 60.9 Å². The van der Waals surface area contributed by atoms with E-state index in [0.29, 0.717) is 54.6 Å². The highest BCUT2D eigenvalue weighted by atomic mass is 32.2. The van der Waals surface area contributed by atoms with E-state index in [1.807, 2.05) is 0 Å². The minimum atomic E-state index is -4.53. The molecule has 2 aliphatic rings. The molecule has 2 saturated heterocycles. The van der Waals surface area contributed by atoms with Gasteiger partial charge in [-0.25, -0.2) is 4.52 Å². The number of piperidine rings is 1. The third kappa shape index (κ3) is 6.62. The van der Waals surface area contributed by atoms with E-state index in [9.17, 15) is 23.2 Å². The number of fused-ring (bicyclic) bond motifs is 1. The first-order valence-corrected chi connectivity index (χ1v) is 14.4. The number of pyridine rings is 1. The van der Waals surface area contributed by atoms with Gasteiger partial charge in [0.05, 0.1) is 49.0 Å². The molecule has 2 fully saturated rings. The standard InChI is InChI=1S/C29H30F3N7O3S/c1-34-27(40)19-8-9-21(24(15-19)41-2)35-12-4-5-22-26(43-29(30,31)32)23-6-3-7-25(39(23)37-22)36-20-10-13-38(14-11-20)28(16-33)17-42-18-28/h3,6-9,15,20,35-36H,10-14,17-18H2,1-2H3,(H,34,40). The number of rotatable bonds is 8. The second-order valence-corrected chi connectivity index (χ2v) is 11.2. The van der Waals surface area contributed by atoms with Crippen LogP contribution in [0.4, 0.5) is 24.7 Å². The van der Waals surface area contributed by atoms with Crippen LogP contribution in [0.2, 0.25) is 0 Å². The molecule has 0 bridgehead atoms. The zero-order valence-electron chi connectivity index (χ0n) is 23.5. The molecule has 0 unspecified atom stereocenters. The minimum Gasteiger partial charge on any atom is -0.495 e. The van der Waals surface area contributed by atoms with Gasteiger partial charge in [-0.3, -0.25) is 9.69 Å². The van der Waals surface area contributed by atoms with Crippen molar-refractivity contribution in [2.75, 3.05) is 57.6 Å². The number of likely N-dealkylation sites (tertiary alicyclic amines) is 1. The first-order chi connectivity index (χ1) is 20.7. The van der Waals surface area contributed by atoms with Crippen molar-refractivity contribution in [2.45, 2.75) is 34.8 Å². The number of alkyl halides is 3. The van der Waals surface area contributed by atoms with Gasteiger partial charge < -0.3 is 25.4 Å². The maximum atomic E-state index is 13.6. The van der Waals surface area contributed by atoms with E-state index >= 15 is 0 Å². The Hall–Kier alpha value is -4.11. The quantitative estimate of drug-likeness (QED) is 0.257. The van der Waals surface area contributed by atoms with Crippen molar-refractivity contribution in [3.05, 3.63) is 47.7 Å². The van der Waals surface area contributed by atoms with Crippen LogP contribution in [0.3, 0.4) is 0 Å². The average Bonchev–Trinajstić information content (AvgIpc) is 3.32. The normalized spacial score (nSPS) is 16.8. The van der Waals surface area contributed by atoms with Crippen LogP contribution in [0, 0.1) is 23.2 Å². The summed E-state index contributed by atoms with van der Waals surface area (Å²) in [6, 6.07) is 12.4. The third-order valence-electron chi connectivity index (χ3n) is 7.44. The zero-order chi connectivity index (χ0) is 30.6. The van der Waals surface area contributed by atoms with Gasteiger partial charge in [-0.1, -0.05) is 12.0 Å². The van der Waals surface area contributed by atoms with Crippen LogP contribution in [-0.2, 0) is 4.74 Å². The first kappa shape index (κ1) is 30.4. The Balaban J connectivity index is 1.33. The van der Waals surface area contributed by atoms with E-state index in [0.717, 1.165) is 12.8 Å². The number of benzene rings is 1. The van der Waals surface area contributed by atoms with Crippen molar-refractivity contribution >= 4 is 34.7 Å². The molecule has 226 valence electrons. The molecule has 3 N–H and O–H groups in total. The largest absolute Gasteiger partial charge is 0.495 e. The number of methoxy groups -OCH3 is 1. The maximum absolute atomic E-state index is 13.6. The van der Waals surface area contributed by atoms with Crippen LogP contribution in [-0.4, -0.2) is 84.5 Å². The maximum Gasteiger partial charge on any atom is 0.446 e. The fraction of sp³-hybridized carbons (Fsp3) is 0.414. The van der Waals surface area contributed by atoms with Gasteiger partial charge in [-0.2, -0.15) is 23.5 Å². The number of nitrogens with zero attached hydrogens (tertiary/aromatic N) is 4. The van der Waals surface area contributed by atoms with Gasteiger partial charge in [0.1, 0.15) is 17.3 Å². The van der Waals surface area contributed by atoms with E-state index in [1.54, 1.807) is 36.4 Å². The third-order valence-corrected chi connectivity index (χ3v) is 8.28. The number of nitrogens with one attached hydrogen (secondary N) is 3. The van der Waals surface area contributed by atoms with E-state index in [-0.39, 0.29) is 40.8 Å². The number of carbonyl (C=O) groups is 1. The Morgan fingerprint density at radius 3 is 2.65 bits per heavy atom. The Morgan fingerprint density at radius 2 is 2.02 bits per heavy atom. The number of hydrogen-bond donors (Lipinski definition) is 3. The lowest BCUT2D eigenvalue weighted by Gasteiger charge is -2.47. The molecule has 1 aromatic carbocycles. The summed E-state index contributed by atoms with van der Waals surface area (Å²) in [6.45, 7) is 2.33. The summed E-state index contributed by atoms with van der Waals surface area (Å²) in [5.41, 5.74) is -3.79. The summed E-state index contributed by atoms with van der Waals surface area (Å²) in [5.74, 6) is 6.38. The molecule has 0 saturated carbocycles. The fourth-order valence-corrected chi connectivity index (χ4v) is 5.80. The summed E-state index contributed by atoms with van der Waals surface area (Å²) in [5, 5.41) is 23.1. The van der Waals surface area contributed by atoms with Crippen LogP contribution in [0.25, 0.3) is 5.52 Å². The molecule has 43 heavy (non-hydrogen) atoms. The number of anilines is 2. The van der Waals surface area contributed by atoms with Crippen molar-refractivity contribution in [1.82, 2.24) is 19.8 Å². The summed E-state index contributed by atoms with van der Waals surface area (Å²) in [7, 11) is 3.00. The van der Waals surface area contributed by atoms with Crippen LogP contribution in [0.5, 0.6) is 5.75 Å². The summed E-state index contributed by atoms with van der Waals surface area (Å²) in [6.07, 6.45) is 1.52. The smallest absolute Gasteiger partial charge is 0.446 e. The van der Waals surface area contributed by atoms with Gasteiger partial charge in [-0.15, -0.1) is 0 Å². The molecule has 0 radical (unpaired) electrons. The number of ether oxygens (including phenoxy) is 2. The molecule has 0 atom stereocenters. The predicted molar refractivity (Wildman–Crippen MR) is 156 cm³/mol. The fourth-order valence-electron chi connectivity index (χ4n) is 5.12. The molecule has 14 heteroatoms. The number of aromatic nitrogens is 2. The van der Waals surface area contributed by atoms with Gasteiger partial charge in [0, 0.05) is 31.7 Å². The van der Waals surface area contributed by atoms with Crippen LogP contribution < -0.4 is 20.7 Å². The molecule has 1 amide bonds. The number of thioether (sulfide) groups is 1.